The van der Waals surface area contributed by atoms with Crippen LogP contribution in [0.1, 0.15) is 44.6 Å². The quantitative estimate of drug-likeness (QED) is 0.853. The van der Waals surface area contributed by atoms with E-state index >= 15 is 0 Å². The van der Waals surface area contributed by atoms with Gasteiger partial charge in [-0.2, -0.15) is 0 Å². The third-order valence-electron chi connectivity index (χ3n) is 4.54. The second-order valence-electron chi connectivity index (χ2n) is 7.24. The minimum Gasteiger partial charge on any atom is -0.298 e. The zero-order valence-electron chi connectivity index (χ0n) is 13.5. The van der Waals surface area contributed by atoms with E-state index in [-0.39, 0.29) is 23.3 Å². The summed E-state index contributed by atoms with van der Waals surface area (Å²) in [7, 11) is 0. The van der Waals surface area contributed by atoms with E-state index in [9.17, 15) is 9.59 Å². The molecule has 0 amide bonds. The minimum atomic E-state index is -0.174. The molecule has 2 aromatic rings. The largest absolute Gasteiger partial charge is 0.298 e. The molecule has 0 spiro atoms. The Balaban J connectivity index is 2.08. The van der Waals surface area contributed by atoms with E-state index in [0.29, 0.717) is 16.1 Å². The Morgan fingerprint density at radius 2 is 2.14 bits per heavy atom. The molecule has 0 saturated carbocycles. The third-order valence-corrected chi connectivity index (χ3v) is 5.67. The minimum absolute atomic E-state index is 0.00297. The van der Waals surface area contributed by atoms with Gasteiger partial charge in [0.05, 0.1) is 5.39 Å². The summed E-state index contributed by atoms with van der Waals surface area (Å²) >= 11 is 1.59. The summed E-state index contributed by atoms with van der Waals surface area (Å²) in [6, 6.07) is 0. The second-order valence-corrected chi connectivity index (χ2v) is 8.33. The van der Waals surface area contributed by atoms with Crippen LogP contribution in [0.2, 0.25) is 0 Å². The lowest BCUT2D eigenvalue weighted by Crippen LogP contribution is -2.28. The molecule has 0 fully saturated rings. The number of carbonyl (C=O) groups excluding carboxylic acids is 1. The molecule has 0 radical (unpaired) electrons. The van der Waals surface area contributed by atoms with Gasteiger partial charge in [0.25, 0.3) is 5.56 Å². The van der Waals surface area contributed by atoms with Crippen LogP contribution in [0.4, 0.5) is 0 Å². The molecule has 0 unspecified atom stereocenters. The maximum absolute atomic E-state index is 12.6. The van der Waals surface area contributed by atoms with Crippen LogP contribution in [0.15, 0.2) is 4.79 Å². The average Bonchev–Trinajstić information content (AvgIpc) is 2.78. The molecule has 3 rings (SSSR count). The summed E-state index contributed by atoms with van der Waals surface area (Å²) < 4.78 is 1.19. The maximum atomic E-state index is 12.6. The van der Waals surface area contributed by atoms with Crippen LogP contribution in [0.5, 0.6) is 0 Å². The first-order chi connectivity index (χ1) is 10.3. The molecule has 0 bridgehead atoms. The van der Waals surface area contributed by atoms with Gasteiger partial charge in [-0.1, -0.05) is 26.0 Å². The van der Waals surface area contributed by atoms with Gasteiger partial charge in [0.2, 0.25) is 0 Å². The fraction of sp³-hybridized carbons (Fsp3) is 0.625. The summed E-state index contributed by atoms with van der Waals surface area (Å²) in [6.45, 7) is 8.27. The molecule has 0 aromatic carbocycles. The zero-order valence-corrected chi connectivity index (χ0v) is 14.3. The normalized spacial score (nSPS) is 18.5. The van der Waals surface area contributed by atoms with Gasteiger partial charge in [-0.15, -0.1) is 16.4 Å². The lowest BCUT2D eigenvalue weighted by molar-refractivity contribution is -0.117. The predicted octanol–water partition coefficient (Wildman–Crippen LogP) is 2.59. The number of aryl methyl sites for hydroxylation is 1. The molecule has 1 aliphatic rings. The first kappa shape index (κ1) is 15.3. The van der Waals surface area contributed by atoms with Crippen molar-refractivity contribution in [2.75, 3.05) is 0 Å². The molecule has 0 saturated heterocycles. The monoisotopic (exact) mass is 319 g/mol. The van der Waals surface area contributed by atoms with E-state index < -0.39 is 0 Å². The van der Waals surface area contributed by atoms with E-state index in [0.717, 1.165) is 24.8 Å². The lowest BCUT2D eigenvalue weighted by Gasteiger charge is -2.33. The van der Waals surface area contributed by atoms with Crippen molar-refractivity contribution in [3.63, 3.8) is 0 Å². The standard InChI is InChI=1S/C16H21N3O2S/c1-9(20)8-19-15(21)13-11-6-5-10(16(2,3)4)7-12(11)22-14(13)17-18-19/h10H,5-8H2,1-4H3/t10-/m1/s1. The van der Waals surface area contributed by atoms with Crippen LogP contribution < -0.4 is 5.56 Å². The highest BCUT2D eigenvalue weighted by atomic mass is 32.1. The highest BCUT2D eigenvalue weighted by Gasteiger charge is 2.31. The lowest BCUT2D eigenvalue weighted by atomic mass is 9.72. The molecule has 2 heterocycles. The van der Waals surface area contributed by atoms with Gasteiger partial charge in [-0.25, -0.2) is 4.68 Å². The van der Waals surface area contributed by atoms with Crippen LogP contribution in [0.3, 0.4) is 0 Å². The van der Waals surface area contributed by atoms with Gasteiger partial charge in [0.1, 0.15) is 6.54 Å². The second kappa shape index (κ2) is 5.26. The summed E-state index contributed by atoms with van der Waals surface area (Å²) in [4.78, 5) is 25.8. The van der Waals surface area contributed by atoms with E-state index in [2.05, 4.69) is 31.1 Å². The molecule has 118 valence electrons. The van der Waals surface area contributed by atoms with Crippen LogP contribution in [-0.4, -0.2) is 20.8 Å². The van der Waals surface area contributed by atoms with Crippen LogP contribution in [-0.2, 0) is 24.2 Å². The highest BCUT2D eigenvalue weighted by molar-refractivity contribution is 7.18. The van der Waals surface area contributed by atoms with Crippen LogP contribution in [0, 0.1) is 11.3 Å². The number of rotatable bonds is 2. The Morgan fingerprint density at radius 3 is 2.77 bits per heavy atom. The Kier molecular flexibility index (Phi) is 3.67. The van der Waals surface area contributed by atoms with Gasteiger partial charge in [-0.05, 0) is 43.1 Å². The van der Waals surface area contributed by atoms with Crippen molar-refractivity contribution in [2.45, 2.75) is 53.5 Å². The first-order valence-corrected chi connectivity index (χ1v) is 8.46. The van der Waals surface area contributed by atoms with Crippen molar-refractivity contribution < 1.29 is 4.79 Å². The first-order valence-electron chi connectivity index (χ1n) is 7.65. The molecule has 5 nitrogen and oxygen atoms in total. The maximum Gasteiger partial charge on any atom is 0.279 e. The Hall–Kier alpha value is -1.56. The summed E-state index contributed by atoms with van der Waals surface area (Å²) in [5, 5.41) is 8.75. The van der Waals surface area contributed by atoms with Crippen molar-refractivity contribution in [1.29, 1.82) is 0 Å². The van der Waals surface area contributed by atoms with E-state index in [1.165, 1.54) is 16.5 Å². The molecular weight excluding hydrogens is 298 g/mol. The topological polar surface area (TPSA) is 64.8 Å². The Labute approximate surface area is 133 Å². The number of hydrogen-bond acceptors (Lipinski definition) is 5. The van der Waals surface area contributed by atoms with E-state index in [1.54, 1.807) is 11.3 Å². The Bertz CT molecular complexity index is 798. The molecule has 22 heavy (non-hydrogen) atoms. The summed E-state index contributed by atoms with van der Waals surface area (Å²) in [5.74, 6) is 0.535. The fourth-order valence-electron chi connectivity index (χ4n) is 3.18. The SMILES string of the molecule is CC(=O)Cn1nnc2sc3c(c2c1=O)CC[C@@H](C(C)(C)C)C3. The average molecular weight is 319 g/mol. The highest BCUT2D eigenvalue weighted by Crippen LogP contribution is 2.41. The van der Waals surface area contributed by atoms with Crippen molar-refractivity contribution in [3.8, 4) is 0 Å². The molecule has 1 atom stereocenters. The number of hydrogen-bond donors (Lipinski definition) is 0. The number of nitrogens with zero attached hydrogens (tertiary/aromatic N) is 3. The van der Waals surface area contributed by atoms with E-state index in [1.807, 2.05) is 0 Å². The molecule has 2 aromatic heterocycles. The number of Topliss-reactive ketones (excluding diaryl/α,β-unsaturated/α-hetero) is 1. The van der Waals surface area contributed by atoms with Crippen molar-refractivity contribution >= 4 is 27.3 Å². The Morgan fingerprint density at radius 1 is 1.41 bits per heavy atom. The third kappa shape index (κ3) is 2.60. The van der Waals surface area contributed by atoms with Gasteiger partial charge in [0, 0.05) is 4.88 Å². The van der Waals surface area contributed by atoms with Crippen LogP contribution in [0.25, 0.3) is 10.2 Å². The smallest absolute Gasteiger partial charge is 0.279 e. The van der Waals surface area contributed by atoms with Gasteiger partial charge in [0.15, 0.2) is 10.6 Å². The van der Waals surface area contributed by atoms with Crippen molar-refractivity contribution in [1.82, 2.24) is 15.0 Å². The van der Waals surface area contributed by atoms with Gasteiger partial charge >= 0.3 is 0 Å². The summed E-state index contributed by atoms with van der Waals surface area (Å²) in [5.41, 5.74) is 1.23. The summed E-state index contributed by atoms with van der Waals surface area (Å²) in [6.07, 6.45) is 3.01. The fourth-order valence-corrected chi connectivity index (χ4v) is 4.42. The number of carbonyl (C=O) groups is 1. The molecule has 6 heteroatoms. The van der Waals surface area contributed by atoms with Crippen molar-refractivity contribution in [2.24, 2.45) is 11.3 Å². The molecule has 1 aliphatic carbocycles. The van der Waals surface area contributed by atoms with E-state index in [4.69, 9.17) is 0 Å². The predicted molar refractivity (Wildman–Crippen MR) is 87.3 cm³/mol. The number of ketones is 1. The van der Waals surface area contributed by atoms with Gasteiger partial charge < -0.3 is 0 Å². The number of fused-ring (bicyclic) bond motifs is 3. The number of aromatic nitrogens is 3. The van der Waals surface area contributed by atoms with Crippen molar-refractivity contribution in [3.05, 3.63) is 20.8 Å². The molecule has 0 N–H and O–H groups in total. The molecular formula is C16H21N3O2S. The number of thiophene rings is 1. The zero-order chi connectivity index (χ0) is 16.1. The van der Waals surface area contributed by atoms with Crippen LogP contribution >= 0.6 is 11.3 Å². The molecule has 0 aliphatic heterocycles. The van der Waals surface area contributed by atoms with Gasteiger partial charge in [-0.3, -0.25) is 9.59 Å².